The van der Waals surface area contributed by atoms with E-state index in [0.717, 1.165) is 16.7 Å². The second-order valence-electron chi connectivity index (χ2n) is 3.74. The molecule has 2 aromatic rings. The van der Waals surface area contributed by atoms with Crippen LogP contribution in [0.15, 0.2) is 29.1 Å². The summed E-state index contributed by atoms with van der Waals surface area (Å²) >= 11 is 0. The lowest BCUT2D eigenvalue weighted by molar-refractivity contribution is 0.112. The summed E-state index contributed by atoms with van der Waals surface area (Å²) in [6.45, 7) is 2.49. The van der Waals surface area contributed by atoms with Crippen LogP contribution >= 0.6 is 0 Å². The van der Waals surface area contributed by atoms with Gasteiger partial charge in [-0.15, -0.1) is 0 Å². The van der Waals surface area contributed by atoms with E-state index < -0.39 is 0 Å². The van der Waals surface area contributed by atoms with E-state index in [-0.39, 0.29) is 11.1 Å². The Balaban J connectivity index is 2.73. The van der Waals surface area contributed by atoms with E-state index in [1.165, 1.54) is 4.57 Å². The lowest BCUT2D eigenvalue weighted by atomic mass is 10.1. The summed E-state index contributed by atoms with van der Waals surface area (Å²) in [6.07, 6.45) is 0.578. The smallest absolute Gasteiger partial charge is 0.261 e. The largest absolute Gasteiger partial charge is 0.494 e. The van der Waals surface area contributed by atoms with Crippen molar-refractivity contribution < 1.29 is 9.53 Å². The number of hydrogen-bond acceptors (Lipinski definition) is 3. The van der Waals surface area contributed by atoms with Crippen LogP contribution < -0.4 is 10.3 Å². The van der Waals surface area contributed by atoms with Crippen molar-refractivity contribution in [2.75, 3.05) is 6.61 Å². The summed E-state index contributed by atoms with van der Waals surface area (Å²) in [5.74, 6) is 0.732. The van der Waals surface area contributed by atoms with Crippen molar-refractivity contribution in [3.8, 4) is 5.75 Å². The number of nitrogens with zero attached hydrogens (tertiary/aromatic N) is 1. The highest BCUT2D eigenvalue weighted by atomic mass is 16.5. The summed E-state index contributed by atoms with van der Waals surface area (Å²) in [4.78, 5) is 22.5. The quantitative estimate of drug-likeness (QED) is 0.756. The fourth-order valence-electron chi connectivity index (χ4n) is 1.83. The molecule has 0 spiro atoms. The summed E-state index contributed by atoms with van der Waals surface area (Å²) in [5, 5.41) is 0.820. The third-order valence-corrected chi connectivity index (χ3v) is 2.66. The molecule has 0 saturated heterocycles. The lowest BCUT2D eigenvalue weighted by Gasteiger charge is -2.08. The van der Waals surface area contributed by atoms with Crippen LogP contribution in [-0.2, 0) is 7.05 Å². The van der Waals surface area contributed by atoms with E-state index in [9.17, 15) is 9.59 Å². The second-order valence-corrected chi connectivity index (χ2v) is 3.74. The minimum absolute atomic E-state index is 0.161. The number of aldehydes is 1. The number of hydrogen-bond donors (Lipinski definition) is 0. The Morgan fingerprint density at radius 2 is 2.12 bits per heavy atom. The number of ether oxygens (including phenoxy) is 1. The molecule has 0 aliphatic heterocycles. The zero-order valence-electron chi connectivity index (χ0n) is 9.77. The summed E-state index contributed by atoms with van der Waals surface area (Å²) in [5.41, 5.74) is 0.661. The Bertz CT molecular complexity index is 628. The Kier molecular flexibility index (Phi) is 2.95. The molecular formula is C13H13NO3. The molecule has 88 valence electrons. The first kappa shape index (κ1) is 11.4. The van der Waals surface area contributed by atoms with Crippen LogP contribution in [0.1, 0.15) is 17.3 Å². The van der Waals surface area contributed by atoms with Gasteiger partial charge in [-0.1, -0.05) is 0 Å². The van der Waals surface area contributed by atoms with Crippen molar-refractivity contribution in [1.29, 1.82) is 0 Å². The molecule has 0 atom stereocenters. The monoisotopic (exact) mass is 231 g/mol. The van der Waals surface area contributed by atoms with E-state index in [1.807, 2.05) is 25.1 Å². The highest BCUT2D eigenvalue weighted by Crippen LogP contribution is 2.20. The Labute approximate surface area is 98.4 Å². The highest BCUT2D eigenvalue weighted by molar-refractivity contribution is 5.87. The normalized spacial score (nSPS) is 10.5. The summed E-state index contributed by atoms with van der Waals surface area (Å²) in [7, 11) is 1.65. The van der Waals surface area contributed by atoms with Gasteiger partial charge in [-0.3, -0.25) is 9.59 Å². The zero-order chi connectivity index (χ0) is 12.4. The zero-order valence-corrected chi connectivity index (χ0v) is 9.77. The van der Waals surface area contributed by atoms with Gasteiger partial charge in [-0.2, -0.15) is 0 Å². The number of aryl methyl sites for hydroxylation is 1. The fraction of sp³-hybridized carbons (Fsp3) is 0.231. The van der Waals surface area contributed by atoms with E-state index >= 15 is 0 Å². The third kappa shape index (κ3) is 1.93. The second kappa shape index (κ2) is 4.41. The molecule has 0 unspecified atom stereocenters. The van der Waals surface area contributed by atoms with Gasteiger partial charge in [0.05, 0.1) is 17.7 Å². The van der Waals surface area contributed by atoms with E-state index in [4.69, 9.17) is 4.74 Å². The Hall–Kier alpha value is -2.10. The lowest BCUT2D eigenvalue weighted by Crippen LogP contribution is -2.20. The molecule has 0 amide bonds. The molecule has 0 radical (unpaired) electrons. The Morgan fingerprint density at radius 3 is 2.76 bits per heavy atom. The maximum absolute atomic E-state index is 11.7. The maximum Gasteiger partial charge on any atom is 0.261 e. The first-order valence-electron chi connectivity index (χ1n) is 5.39. The predicted octanol–water partition coefficient (Wildman–Crippen LogP) is 1.75. The minimum Gasteiger partial charge on any atom is -0.494 e. The first-order valence-corrected chi connectivity index (χ1v) is 5.39. The van der Waals surface area contributed by atoms with Gasteiger partial charge in [0.15, 0.2) is 6.29 Å². The number of pyridine rings is 1. The number of fused-ring (bicyclic) bond motifs is 1. The van der Waals surface area contributed by atoms with Gasteiger partial charge in [0.1, 0.15) is 5.75 Å². The van der Waals surface area contributed by atoms with Crippen molar-refractivity contribution >= 4 is 17.2 Å². The molecule has 0 aliphatic rings. The van der Waals surface area contributed by atoms with Crippen molar-refractivity contribution in [2.45, 2.75) is 6.92 Å². The van der Waals surface area contributed by atoms with Gasteiger partial charge in [-0.25, -0.2) is 0 Å². The molecule has 17 heavy (non-hydrogen) atoms. The molecule has 2 rings (SSSR count). The maximum atomic E-state index is 11.7. The highest BCUT2D eigenvalue weighted by Gasteiger charge is 2.06. The standard InChI is InChI=1S/C13H13NO3/c1-3-17-11-4-5-12-9(7-11)6-10(8-15)13(16)14(12)2/h4-8H,3H2,1-2H3. The van der Waals surface area contributed by atoms with Gasteiger partial charge >= 0.3 is 0 Å². The van der Waals surface area contributed by atoms with Crippen LogP contribution in [0.2, 0.25) is 0 Å². The van der Waals surface area contributed by atoms with Gasteiger partial charge in [0.25, 0.3) is 5.56 Å². The molecule has 1 aromatic heterocycles. The number of aromatic nitrogens is 1. The van der Waals surface area contributed by atoms with Crippen LogP contribution in [0, 0.1) is 0 Å². The summed E-state index contributed by atoms with van der Waals surface area (Å²) < 4.78 is 6.85. The minimum atomic E-state index is -0.281. The topological polar surface area (TPSA) is 48.3 Å². The van der Waals surface area contributed by atoms with Gasteiger partial charge in [0.2, 0.25) is 0 Å². The first-order chi connectivity index (χ1) is 8.17. The van der Waals surface area contributed by atoms with Crippen LogP contribution in [-0.4, -0.2) is 17.5 Å². The Morgan fingerprint density at radius 1 is 1.35 bits per heavy atom. The SMILES string of the molecule is CCOc1ccc2c(c1)cc(C=O)c(=O)n2C. The molecule has 0 bridgehead atoms. The molecule has 1 heterocycles. The number of carbonyl (C=O) groups excluding carboxylic acids is 1. The molecule has 0 N–H and O–H groups in total. The van der Waals surface area contributed by atoms with Crippen LogP contribution in [0.3, 0.4) is 0 Å². The molecule has 0 saturated carbocycles. The van der Waals surface area contributed by atoms with E-state index in [0.29, 0.717) is 12.9 Å². The van der Waals surface area contributed by atoms with Crippen LogP contribution in [0.25, 0.3) is 10.9 Å². The van der Waals surface area contributed by atoms with Crippen molar-refractivity contribution in [2.24, 2.45) is 7.05 Å². The summed E-state index contributed by atoms with van der Waals surface area (Å²) in [6, 6.07) is 7.04. The van der Waals surface area contributed by atoms with Gasteiger partial charge in [0, 0.05) is 12.4 Å². The van der Waals surface area contributed by atoms with E-state index in [2.05, 4.69) is 0 Å². The van der Waals surface area contributed by atoms with Crippen LogP contribution in [0.5, 0.6) is 5.75 Å². The molecule has 1 aromatic carbocycles. The average molecular weight is 231 g/mol. The molecule has 0 fully saturated rings. The van der Waals surface area contributed by atoms with Crippen LogP contribution in [0.4, 0.5) is 0 Å². The van der Waals surface area contributed by atoms with Crippen molar-refractivity contribution in [3.05, 3.63) is 40.2 Å². The fourth-order valence-corrected chi connectivity index (χ4v) is 1.83. The van der Waals surface area contributed by atoms with Gasteiger partial charge < -0.3 is 9.30 Å². The molecule has 0 aliphatic carbocycles. The van der Waals surface area contributed by atoms with E-state index in [1.54, 1.807) is 13.1 Å². The molecule has 4 nitrogen and oxygen atoms in total. The van der Waals surface area contributed by atoms with Gasteiger partial charge in [-0.05, 0) is 31.2 Å². The molecular weight excluding hydrogens is 218 g/mol. The average Bonchev–Trinajstić information content (AvgIpc) is 2.34. The number of carbonyl (C=O) groups is 1. The van der Waals surface area contributed by atoms with Crippen molar-refractivity contribution in [3.63, 3.8) is 0 Å². The van der Waals surface area contributed by atoms with Crippen molar-refractivity contribution in [1.82, 2.24) is 4.57 Å². The number of rotatable bonds is 3. The molecule has 4 heteroatoms. The third-order valence-electron chi connectivity index (χ3n) is 2.66. The number of benzene rings is 1. The predicted molar refractivity (Wildman–Crippen MR) is 65.7 cm³/mol.